The molecule has 0 N–H and O–H groups in total. The highest BCUT2D eigenvalue weighted by molar-refractivity contribution is 6.12. The van der Waals surface area contributed by atoms with Crippen LogP contribution in [0.4, 0.5) is 17.1 Å². The lowest BCUT2D eigenvalue weighted by atomic mass is 9.82. The summed E-state index contributed by atoms with van der Waals surface area (Å²) in [5.74, 6) is 0. The number of para-hydroxylation sites is 4. The molecule has 1 aliphatic carbocycles. The first-order chi connectivity index (χ1) is 34.0. The Balaban J connectivity index is 1.03. The molecule has 12 aromatic rings. The number of aromatic nitrogens is 1. The highest BCUT2D eigenvalue weighted by atomic mass is 15.1. The zero-order valence-corrected chi connectivity index (χ0v) is 38.6. The minimum Gasteiger partial charge on any atom is -0.309 e. The van der Waals surface area contributed by atoms with E-state index < -0.39 is 0 Å². The second kappa shape index (κ2) is 16.3. The van der Waals surface area contributed by atoms with Crippen LogP contribution in [0.15, 0.2) is 255 Å². The quantitative estimate of drug-likeness (QED) is 0.148. The molecule has 0 bridgehead atoms. The fourth-order valence-corrected chi connectivity index (χ4v) is 11.4. The third-order valence-electron chi connectivity index (χ3n) is 14.6. The molecule has 2 nitrogen and oxygen atoms in total. The Labute approximate surface area is 403 Å². The molecule has 69 heavy (non-hydrogen) atoms. The highest BCUT2D eigenvalue weighted by Gasteiger charge is 2.36. The molecule has 1 heterocycles. The Morgan fingerprint density at radius 1 is 0.348 bits per heavy atom. The van der Waals surface area contributed by atoms with Crippen molar-refractivity contribution in [2.45, 2.75) is 19.3 Å². The van der Waals surface area contributed by atoms with E-state index in [0.29, 0.717) is 0 Å². The molecule has 0 radical (unpaired) electrons. The predicted molar refractivity (Wildman–Crippen MR) is 292 cm³/mol. The third-order valence-corrected chi connectivity index (χ3v) is 14.6. The van der Waals surface area contributed by atoms with Crippen molar-refractivity contribution in [1.29, 1.82) is 0 Å². The molecule has 0 saturated carbocycles. The van der Waals surface area contributed by atoms with Gasteiger partial charge in [0, 0.05) is 38.7 Å². The van der Waals surface area contributed by atoms with Gasteiger partial charge in [0.1, 0.15) is 0 Å². The Bertz CT molecular complexity index is 3910. The minimum atomic E-state index is -0.0768. The Kier molecular flexibility index (Phi) is 9.55. The zero-order valence-electron chi connectivity index (χ0n) is 38.6. The van der Waals surface area contributed by atoms with Gasteiger partial charge in [0.2, 0.25) is 0 Å². The second-order valence-corrected chi connectivity index (χ2v) is 18.8. The van der Waals surface area contributed by atoms with Crippen LogP contribution >= 0.6 is 0 Å². The first-order valence-corrected chi connectivity index (χ1v) is 24.0. The molecule has 11 aromatic carbocycles. The summed E-state index contributed by atoms with van der Waals surface area (Å²) in [4.78, 5) is 2.49. The molecule has 13 rings (SSSR count). The van der Waals surface area contributed by atoms with E-state index in [9.17, 15) is 0 Å². The van der Waals surface area contributed by atoms with Crippen LogP contribution < -0.4 is 4.90 Å². The predicted octanol–water partition coefficient (Wildman–Crippen LogP) is 18.4. The van der Waals surface area contributed by atoms with Crippen LogP contribution in [0.2, 0.25) is 0 Å². The van der Waals surface area contributed by atoms with Gasteiger partial charge in [-0.1, -0.05) is 220 Å². The Hall–Kier alpha value is -8.72. The van der Waals surface area contributed by atoms with Crippen molar-refractivity contribution in [3.8, 4) is 61.3 Å². The summed E-state index contributed by atoms with van der Waals surface area (Å²) in [5, 5.41) is 4.93. The summed E-state index contributed by atoms with van der Waals surface area (Å²) >= 11 is 0. The van der Waals surface area contributed by atoms with E-state index in [0.717, 1.165) is 39.4 Å². The summed E-state index contributed by atoms with van der Waals surface area (Å²) in [6.07, 6.45) is 0. The van der Waals surface area contributed by atoms with Crippen molar-refractivity contribution < 1.29 is 0 Å². The smallest absolute Gasteiger partial charge is 0.0547 e. The van der Waals surface area contributed by atoms with E-state index in [1.807, 2.05) is 0 Å². The molecule has 0 fully saturated rings. The van der Waals surface area contributed by atoms with Crippen LogP contribution in [0.25, 0.3) is 93.9 Å². The maximum absolute atomic E-state index is 2.49. The summed E-state index contributed by atoms with van der Waals surface area (Å²) in [7, 11) is 0. The number of rotatable bonds is 8. The van der Waals surface area contributed by atoms with Crippen molar-refractivity contribution in [2.75, 3.05) is 4.90 Å². The normalized spacial score (nSPS) is 12.6. The molecule has 2 heteroatoms. The van der Waals surface area contributed by atoms with Gasteiger partial charge in [-0.25, -0.2) is 0 Å². The topological polar surface area (TPSA) is 8.17 Å². The Morgan fingerprint density at radius 2 is 0.884 bits per heavy atom. The van der Waals surface area contributed by atoms with Crippen LogP contribution in [0.1, 0.15) is 25.0 Å². The number of benzene rings is 11. The van der Waals surface area contributed by atoms with E-state index in [4.69, 9.17) is 0 Å². The summed E-state index contributed by atoms with van der Waals surface area (Å²) in [6, 6.07) is 93.7. The van der Waals surface area contributed by atoms with Crippen molar-refractivity contribution in [1.82, 2.24) is 4.57 Å². The van der Waals surface area contributed by atoms with Crippen molar-refractivity contribution in [3.63, 3.8) is 0 Å². The van der Waals surface area contributed by atoms with Crippen molar-refractivity contribution in [2.24, 2.45) is 0 Å². The molecule has 1 aliphatic rings. The van der Waals surface area contributed by atoms with Crippen LogP contribution in [0.5, 0.6) is 0 Å². The first-order valence-electron chi connectivity index (χ1n) is 24.0. The van der Waals surface area contributed by atoms with Crippen LogP contribution in [0.3, 0.4) is 0 Å². The number of anilines is 3. The standard InChI is InChI=1S/C67H48N2/c1-67(2)59-33-13-9-29-58(59)66-53(31-19-34-60(66)67)46-38-41-50(42-39-46)68(63-37-16-12-28-55(63)57-32-18-23-47-22-17-30-52(65(47)57)45-20-5-3-6-21-45)61-35-14-10-26-51(61)48-40-43-56-54-27-11-15-36-62(54)69(64(56)44-48)49-24-7-4-8-25-49/h3-44H,1-2H3. The lowest BCUT2D eigenvalue weighted by molar-refractivity contribution is 0.660. The van der Waals surface area contributed by atoms with Gasteiger partial charge in [-0.3, -0.25) is 0 Å². The largest absolute Gasteiger partial charge is 0.309 e. The van der Waals surface area contributed by atoms with Gasteiger partial charge in [0.05, 0.1) is 22.4 Å². The minimum absolute atomic E-state index is 0.0768. The van der Waals surface area contributed by atoms with Gasteiger partial charge < -0.3 is 9.47 Å². The van der Waals surface area contributed by atoms with Crippen molar-refractivity contribution in [3.05, 3.63) is 266 Å². The molecule has 326 valence electrons. The SMILES string of the molecule is CC1(C)c2ccccc2-c2c(-c3ccc(N(c4ccccc4-c4ccc5c6ccccc6n(-c6ccccc6)c5c4)c4ccccc4-c4cccc5cccc(-c6ccccc6)c45)cc3)cccc21. The van der Waals surface area contributed by atoms with E-state index in [1.165, 1.54) is 82.6 Å². The number of nitrogens with zero attached hydrogens (tertiary/aromatic N) is 2. The molecule has 0 atom stereocenters. The fraction of sp³-hybridized carbons (Fsp3) is 0.0448. The molecule has 0 spiro atoms. The summed E-state index contributed by atoms with van der Waals surface area (Å²) in [6.45, 7) is 4.71. The van der Waals surface area contributed by atoms with Gasteiger partial charge in [0.25, 0.3) is 0 Å². The number of hydrogen-bond acceptors (Lipinski definition) is 1. The molecule has 0 saturated heterocycles. The highest BCUT2D eigenvalue weighted by Crippen LogP contribution is 2.53. The second-order valence-electron chi connectivity index (χ2n) is 18.8. The number of hydrogen-bond donors (Lipinski definition) is 0. The molecule has 0 unspecified atom stereocenters. The molecular weight excluding hydrogens is 833 g/mol. The van der Waals surface area contributed by atoms with E-state index in [1.54, 1.807) is 0 Å². The lowest BCUT2D eigenvalue weighted by Crippen LogP contribution is -2.14. The molecular formula is C67H48N2. The van der Waals surface area contributed by atoms with Crippen LogP contribution in [-0.2, 0) is 5.41 Å². The van der Waals surface area contributed by atoms with E-state index >= 15 is 0 Å². The number of fused-ring (bicyclic) bond motifs is 7. The maximum atomic E-state index is 2.49. The first kappa shape index (κ1) is 40.5. The fourth-order valence-electron chi connectivity index (χ4n) is 11.4. The lowest BCUT2D eigenvalue weighted by Gasteiger charge is -2.30. The van der Waals surface area contributed by atoms with E-state index in [2.05, 4.69) is 278 Å². The average Bonchev–Trinajstić information content (AvgIpc) is 3.87. The Morgan fingerprint density at radius 3 is 1.67 bits per heavy atom. The summed E-state index contributed by atoms with van der Waals surface area (Å²) in [5.41, 5.74) is 21.7. The molecule has 0 aliphatic heterocycles. The zero-order chi connectivity index (χ0) is 46.1. The van der Waals surface area contributed by atoms with Gasteiger partial charge >= 0.3 is 0 Å². The average molecular weight is 881 g/mol. The third kappa shape index (κ3) is 6.55. The van der Waals surface area contributed by atoms with Crippen LogP contribution in [-0.4, -0.2) is 4.57 Å². The van der Waals surface area contributed by atoms with E-state index in [-0.39, 0.29) is 5.41 Å². The van der Waals surface area contributed by atoms with Gasteiger partial charge in [-0.2, -0.15) is 0 Å². The van der Waals surface area contributed by atoms with Gasteiger partial charge in [-0.15, -0.1) is 0 Å². The van der Waals surface area contributed by atoms with Crippen LogP contribution in [0, 0.1) is 0 Å². The summed E-state index contributed by atoms with van der Waals surface area (Å²) < 4.78 is 2.41. The maximum Gasteiger partial charge on any atom is 0.0547 e. The monoisotopic (exact) mass is 880 g/mol. The molecule has 0 amide bonds. The van der Waals surface area contributed by atoms with Gasteiger partial charge in [-0.05, 0) is 115 Å². The van der Waals surface area contributed by atoms with Gasteiger partial charge in [0.15, 0.2) is 0 Å². The molecule has 1 aromatic heterocycles. The van der Waals surface area contributed by atoms with Crippen molar-refractivity contribution >= 4 is 49.6 Å².